The van der Waals surface area contributed by atoms with Crippen molar-refractivity contribution < 1.29 is 14.6 Å². The summed E-state index contributed by atoms with van der Waals surface area (Å²) in [5, 5.41) is 9.28. The Kier molecular flexibility index (Phi) is 5.41. The maximum Gasteiger partial charge on any atom is 0.236 e. The lowest BCUT2D eigenvalue weighted by Crippen LogP contribution is -2.51. The minimum atomic E-state index is -0.0188. The first-order valence-electron chi connectivity index (χ1n) is 7.01. The highest BCUT2D eigenvalue weighted by Crippen LogP contribution is 2.12. The molecule has 5 nitrogen and oxygen atoms in total. The van der Waals surface area contributed by atoms with Crippen LogP contribution in [0.1, 0.15) is 25.7 Å². The van der Waals surface area contributed by atoms with Crippen LogP contribution >= 0.6 is 0 Å². The largest absolute Gasteiger partial charge is 0.395 e. The summed E-state index contributed by atoms with van der Waals surface area (Å²) < 4.78 is 5.32. The highest BCUT2D eigenvalue weighted by molar-refractivity contribution is 5.78. The van der Waals surface area contributed by atoms with Gasteiger partial charge in [-0.2, -0.15) is 0 Å². The van der Waals surface area contributed by atoms with Gasteiger partial charge in [0, 0.05) is 19.6 Å². The molecule has 1 unspecified atom stereocenters. The molecular weight excluding hydrogens is 232 g/mol. The molecule has 0 aromatic carbocycles. The van der Waals surface area contributed by atoms with Crippen LogP contribution in [0.25, 0.3) is 0 Å². The summed E-state index contributed by atoms with van der Waals surface area (Å²) in [7, 11) is 0. The van der Waals surface area contributed by atoms with Gasteiger partial charge in [-0.25, -0.2) is 0 Å². The molecule has 2 heterocycles. The zero-order valence-corrected chi connectivity index (χ0v) is 11.0. The molecule has 0 radical (unpaired) electrons. The summed E-state index contributed by atoms with van der Waals surface area (Å²) in [6, 6.07) is -0.0188. The van der Waals surface area contributed by atoms with Gasteiger partial charge in [-0.15, -0.1) is 0 Å². The normalized spacial score (nSPS) is 26.9. The van der Waals surface area contributed by atoms with Crippen molar-refractivity contribution >= 4 is 5.91 Å². The van der Waals surface area contributed by atoms with Crippen LogP contribution in [0.5, 0.6) is 0 Å². The lowest BCUT2D eigenvalue weighted by Gasteiger charge is -2.35. The van der Waals surface area contributed by atoms with Gasteiger partial charge in [0.1, 0.15) is 0 Å². The average molecular weight is 256 g/mol. The smallest absolute Gasteiger partial charge is 0.236 e. The number of carbonyl (C=O) groups is 1. The van der Waals surface area contributed by atoms with Gasteiger partial charge in [0.15, 0.2) is 0 Å². The van der Waals surface area contributed by atoms with E-state index in [4.69, 9.17) is 4.74 Å². The van der Waals surface area contributed by atoms with Crippen molar-refractivity contribution in [3.63, 3.8) is 0 Å². The number of ether oxygens (including phenoxy) is 1. The van der Waals surface area contributed by atoms with Gasteiger partial charge in [-0.05, 0) is 12.8 Å². The zero-order chi connectivity index (χ0) is 12.8. The van der Waals surface area contributed by atoms with Gasteiger partial charge in [0.2, 0.25) is 5.91 Å². The fraction of sp³-hybridized carbons (Fsp3) is 0.923. The van der Waals surface area contributed by atoms with Gasteiger partial charge in [0.25, 0.3) is 0 Å². The molecule has 2 fully saturated rings. The number of morpholine rings is 1. The second-order valence-electron chi connectivity index (χ2n) is 5.18. The molecule has 2 aliphatic heterocycles. The Labute approximate surface area is 109 Å². The van der Waals surface area contributed by atoms with Crippen LogP contribution in [-0.4, -0.2) is 72.9 Å². The Morgan fingerprint density at radius 1 is 1.17 bits per heavy atom. The van der Waals surface area contributed by atoms with E-state index in [2.05, 4.69) is 4.90 Å². The summed E-state index contributed by atoms with van der Waals surface area (Å²) in [5.41, 5.74) is 0. The highest BCUT2D eigenvalue weighted by Gasteiger charge is 2.26. The quantitative estimate of drug-likeness (QED) is 0.777. The molecule has 0 aliphatic carbocycles. The Balaban J connectivity index is 1.84. The van der Waals surface area contributed by atoms with E-state index in [-0.39, 0.29) is 18.6 Å². The van der Waals surface area contributed by atoms with Gasteiger partial charge in [0.05, 0.1) is 32.4 Å². The second kappa shape index (κ2) is 7.07. The summed E-state index contributed by atoms with van der Waals surface area (Å²) in [6.45, 7) is 4.21. The van der Waals surface area contributed by atoms with Crippen LogP contribution in [-0.2, 0) is 9.53 Å². The summed E-state index contributed by atoms with van der Waals surface area (Å²) in [6.07, 6.45) is 4.72. The number of aliphatic hydroxyl groups is 1. The number of carbonyl (C=O) groups excluding carboxylic acids is 1. The molecule has 18 heavy (non-hydrogen) atoms. The molecule has 0 aromatic heterocycles. The predicted octanol–water partition coefficient (Wildman–Crippen LogP) is 0.0821. The average Bonchev–Trinajstić information content (AvgIpc) is 2.68. The van der Waals surface area contributed by atoms with Crippen LogP contribution in [0.15, 0.2) is 0 Å². The van der Waals surface area contributed by atoms with Crippen molar-refractivity contribution in [1.82, 2.24) is 9.80 Å². The SMILES string of the molecule is O=C(CN1CCOCC1CO)N1CCCCCC1. The Morgan fingerprint density at radius 2 is 1.89 bits per heavy atom. The van der Waals surface area contributed by atoms with E-state index in [0.717, 1.165) is 32.5 Å². The van der Waals surface area contributed by atoms with E-state index in [0.29, 0.717) is 19.8 Å². The van der Waals surface area contributed by atoms with Crippen molar-refractivity contribution in [2.45, 2.75) is 31.7 Å². The molecule has 0 saturated carbocycles. The van der Waals surface area contributed by atoms with Crippen LogP contribution in [0.2, 0.25) is 0 Å². The lowest BCUT2D eigenvalue weighted by atomic mass is 10.2. The van der Waals surface area contributed by atoms with Crippen LogP contribution < -0.4 is 0 Å². The fourth-order valence-electron chi connectivity index (χ4n) is 2.66. The monoisotopic (exact) mass is 256 g/mol. The Morgan fingerprint density at radius 3 is 2.56 bits per heavy atom. The van der Waals surface area contributed by atoms with E-state index in [1.165, 1.54) is 12.8 Å². The third-order valence-electron chi connectivity index (χ3n) is 3.86. The molecule has 2 rings (SSSR count). The molecule has 1 amide bonds. The van der Waals surface area contributed by atoms with Crippen LogP contribution in [0, 0.1) is 0 Å². The number of hydrogen-bond acceptors (Lipinski definition) is 4. The minimum absolute atomic E-state index is 0.0188. The van der Waals surface area contributed by atoms with Crippen molar-refractivity contribution in [1.29, 1.82) is 0 Å². The summed E-state index contributed by atoms with van der Waals surface area (Å²) >= 11 is 0. The van der Waals surface area contributed by atoms with Crippen molar-refractivity contribution in [3.8, 4) is 0 Å². The molecule has 0 spiro atoms. The van der Waals surface area contributed by atoms with E-state index in [1.807, 2.05) is 4.90 Å². The molecule has 0 aromatic rings. The van der Waals surface area contributed by atoms with Crippen LogP contribution in [0.3, 0.4) is 0 Å². The number of likely N-dealkylation sites (tertiary alicyclic amines) is 1. The molecule has 0 bridgehead atoms. The Bertz CT molecular complexity index is 265. The highest BCUT2D eigenvalue weighted by atomic mass is 16.5. The number of rotatable bonds is 3. The first-order valence-corrected chi connectivity index (χ1v) is 7.01. The fourth-order valence-corrected chi connectivity index (χ4v) is 2.66. The topological polar surface area (TPSA) is 53.0 Å². The number of nitrogens with zero attached hydrogens (tertiary/aromatic N) is 2. The van der Waals surface area contributed by atoms with Crippen LogP contribution in [0.4, 0.5) is 0 Å². The first-order chi connectivity index (χ1) is 8.81. The van der Waals surface area contributed by atoms with Crippen molar-refractivity contribution in [2.24, 2.45) is 0 Å². The minimum Gasteiger partial charge on any atom is -0.395 e. The first kappa shape index (κ1) is 13.8. The number of amides is 1. The number of hydrogen-bond donors (Lipinski definition) is 1. The summed E-state index contributed by atoms with van der Waals surface area (Å²) in [5.74, 6) is 0.206. The van der Waals surface area contributed by atoms with Gasteiger partial charge >= 0.3 is 0 Å². The molecule has 5 heteroatoms. The standard InChI is InChI=1S/C13H24N2O3/c16-10-12-11-18-8-7-15(12)9-13(17)14-5-3-1-2-4-6-14/h12,16H,1-11H2. The van der Waals surface area contributed by atoms with E-state index in [1.54, 1.807) is 0 Å². The molecule has 1 atom stereocenters. The lowest BCUT2D eigenvalue weighted by molar-refractivity contribution is -0.135. The maximum absolute atomic E-state index is 12.2. The molecule has 104 valence electrons. The van der Waals surface area contributed by atoms with Gasteiger partial charge in [-0.3, -0.25) is 9.69 Å². The third-order valence-corrected chi connectivity index (χ3v) is 3.86. The second-order valence-corrected chi connectivity index (χ2v) is 5.18. The van der Waals surface area contributed by atoms with Crippen molar-refractivity contribution in [2.75, 3.05) is 46.0 Å². The van der Waals surface area contributed by atoms with Gasteiger partial charge < -0.3 is 14.7 Å². The predicted molar refractivity (Wildman–Crippen MR) is 68.3 cm³/mol. The molecular formula is C13H24N2O3. The zero-order valence-electron chi connectivity index (χ0n) is 11.0. The Hall–Kier alpha value is -0.650. The molecule has 2 aliphatic rings. The van der Waals surface area contributed by atoms with E-state index in [9.17, 15) is 9.90 Å². The molecule has 1 N–H and O–H groups in total. The van der Waals surface area contributed by atoms with E-state index < -0.39 is 0 Å². The molecule has 2 saturated heterocycles. The van der Waals surface area contributed by atoms with E-state index >= 15 is 0 Å². The third kappa shape index (κ3) is 3.67. The summed E-state index contributed by atoms with van der Waals surface area (Å²) in [4.78, 5) is 16.3. The maximum atomic E-state index is 12.2. The number of aliphatic hydroxyl groups excluding tert-OH is 1. The van der Waals surface area contributed by atoms with Gasteiger partial charge in [-0.1, -0.05) is 12.8 Å². The van der Waals surface area contributed by atoms with Crippen molar-refractivity contribution in [3.05, 3.63) is 0 Å².